The summed E-state index contributed by atoms with van der Waals surface area (Å²) in [6.45, 7) is 6.19. The Morgan fingerprint density at radius 1 is 1.53 bits per heavy atom. The lowest BCUT2D eigenvalue weighted by molar-refractivity contribution is 0.0270. The molecular formula is C13H18ClNO3S. The van der Waals surface area contributed by atoms with Crippen LogP contribution in [0.1, 0.15) is 32.3 Å². The number of hydrogen-bond donors (Lipinski definition) is 1. The van der Waals surface area contributed by atoms with Crippen LogP contribution in [0.25, 0.3) is 0 Å². The standard InChI is InChI=1S/C13H18ClNO3S/c1-13(2,3)18-12(17)15-6-9(10(16)7-15)8-4-5-19-11(8)14/h4-5,9-10,16H,6-7H2,1-3H3. The van der Waals surface area contributed by atoms with E-state index in [4.69, 9.17) is 16.3 Å². The lowest BCUT2D eigenvalue weighted by Gasteiger charge is -2.24. The van der Waals surface area contributed by atoms with Gasteiger partial charge in [-0.3, -0.25) is 0 Å². The summed E-state index contributed by atoms with van der Waals surface area (Å²) >= 11 is 7.52. The normalized spacial score (nSPS) is 23.7. The zero-order valence-electron chi connectivity index (χ0n) is 11.2. The molecule has 2 atom stereocenters. The van der Waals surface area contributed by atoms with Gasteiger partial charge < -0.3 is 14.7 Å². The Kier molecular flexibility index (Phi) is 4.08. The highest BCUT2D eigenvalue weighted by Gasteiger charge is 2.38. The van der Waals surface area contributed by atoms with Crippen molar-refractivity contribution in [3.05, 3.63) is 21.3 Å². The number of carbonyl (C=O) groups is 1. The number of aliphatic hydroxyl groups excluding tert-OH is 1. The predicted octanol–water partition coefficient (Wildman–Crippen LogP) is 3.10. The number of β-amino-alcohol motifs (C(OH)–C–C–N with tert-alkyl or cyclic N) is 1. The van der Waals surface area contributed by atoms with Crippen LogP contribution in [0.2, 0.25) is 4.34 Å². The van der Waals surface area contributed by atoms with Crippen molar-refractivity contribution in [3.8, 4) is 0 Å². The van der Waals surface area contributed by atoms with Crippen molar-refractivity contribution in [2.24, 2.45) is 0 Å². The van der Waals surface area contributed by atoms with Crippen LogP contribution in [-0.4, -0.2) is 40.9 Å². The van der Waals surface area contributed by atoms with Crippen LogP contribution >= 0.6 is 22.9 Å². The number of halogens is 1. The van der Waals surface area contributed by atoms with Crippen molar-refractivity contribution in [1.29, 1.82) is 0 Å². The fourth-order valence-corrected chi connectivity index (χ4v) is 3.18. The van der Waals surface area contributed by atoms with Crippen molar-refractivity contribution in [2.45, 2.75) is 38.4 Å². The summed E-state index contributed by atoms with van der Waals surface area (Å²) in [7, 11) is 0. The van der Waals surface area contributed by atoms with Crippen molar-refractivity contribution in [2.75, 3.05) is 13.1 Å². The van der Waals surface area contributed by atoms with Gasteiger partial charge >= 0.3 is 6.09 Å². The first kappa shape index (κ1) is 14.6. The van der Waals surface area contributed by atoms with E-state index in [1.54, 1.807) is 0 Å². The van der Waals surface area contributed by atoms with E-state index in [-0.39, 0.29) is 18.6 Å². The molecule has 1 aromatic heterocycles. The minimum Gasteiger partial charge on any atom is -0.444 e. The number of hydrogen-bond acceptors (Lipinski definition) is 4. The molecule has 19 heavy (non-hydrogen) atoms. The zero-order chi connectivity index (χ0) is 14.2. The van der Waals surface area contributed by atoms with Crippen LogP contribution in [0.5, 0.6) is 0 Å². The number of aliphatic hydroxyl groups is 1. The van der Waals surface area contributed by atoms with Gasteiger partial charge in [0.2, 0.25) is 0 Å². The first-order valence-electron chi connectivity index (χ1n) is 6.17. The molecule has 1 amide bonds. The molecule has 2 unspecified atom stereocenters. The number of carbonyl (C=O) groups excluding carboxylic acids is 1. The van der Waals surface area contributed by atoms with Gasteiger partial charge in [0.05, 0.1) is 17.0 Å². The van der Waals surface area contributed by atoms with Crippen LogP contribution in [0.15, 0.2) is 11.4 Å². The minimum atomic E-state index is -0.598. The fraction of sp³-hybridized carbons (Fsp3) is 0.615. The number of ether oxygens (including phenoxy) is 1. The first-order chi connectivity index (χ1) is 8.78. The summed E-state index contributed by atoms with van der Waals surface area (Å²) in [6.07, 6.45) is -0.986. The summed E-state index contributed by atoms with van der Waals surface area (Å²) in [4.78, 5) is 13.5. The monoisotopic (exact) mass is 303 g/mol. The topological polar surface area (TPSA) is 49.8 Å². The Hall–Kier alpha value is -0.780. The maximum atomic E-state index is 12.0. The third kappa shape index (κ3) is 3.41. The van der Waals surface area contributed by atoms with Crippen LogP contribution in [0, 0.1) is 0 Å². The maximum absolute atomic E-state index is 12.0. The van der Waals surface area contributed by atoms with E-state index in [2.05, 4.69) is 0 Å². The molecule has 2 heterocycles. The number of thiophene rings is 1. The number of rotatable bonds is 1. The van der Waals surface area contributed by atoms with E-state index in [0.717, 1.165) is 5.56 Å². The smallest absolute Gasteiger partial charge is 0.410 e. The second-order valence-corrected chi connectivity index (χ2v) is 7.23. The molecule has 4 nitrogen and oxygen atoms in total. The Bertz CT molecular complexity index is 469. The molecule has 0 radical (unpaired) electrons. The van der Waals surface area contributed by atoms with Crippen molar-refractivity contribution in [3.63, 3.8) is 0 Å². The van der Waals surface area contributed by atoms with Gasteiger partial charge in [0.1, 0.15) is 5.60 Å². The average Bonchev–Trinajstić information content (AvgIpc) is 2.82. The van der Waals surface area contributed by atoms with Gasteiger partial charge in [-0.1, -0.05) is 11.6 Å². The lowest BCUT2D eigenvalue weighted by atomic mass is 9.99. The second-order valence-electron chi connectivity index (χ2n) is 5.71. The van der Waals surface area contributed by atoms with Crippen LogP contribution < -0.4 is 0 Å². The Morgan fingerprint density at radius 2 is 2.21 bits per heavy atom. The molecule has 1 fully saturated rings. The summed E-state index contributed by atoms with van der Waals surface area (Å²) in [6, 6.07) is 1.90. The van der Waals surface area contributed by atoms with E-state index in [0.29, 0.717) is 10.9 Å². The molecule has 1 aliphatic rings. The van der Waals surface area contributed by atoms with Gasteiger partial charge in [-0.25, -0.2) is 4.79 Å². The SMILES string of the molecule is CC(C)(C)OC(=O)N1CC(O)C(c2ccsc2Cl)C1. The molecule has 6 heteroatoms. The summed E-state index contributed by atoms with van der Waals surface area (Å²) in [5.74, 6) is -0.133. The highest BCUT2D eigenvalue weighted by molar-refractivity contribution is 7.14. The minimum absolute atomic E-state index is 0.133. The highest BCUT2D eigenvalue weighted by atomic mass is 35.5. The molecule has 106 valence electrons. The van der Waals surface area contributed by atoms with E-state index >= 15 is 0 Å². The number of nitrogens with zero attached hydrogens (tertiary/aromatic N) is 1. The lowest BCUT2D eigenvalue weighted by Crippen LogP contribution is -2.35. The third-order valence-electron chi connectivity index (χ3n) is 2.99. The zero-order valence-corrected chi connectivity index (χ0v) is 12.8. The van der Waals surface area contributed by atoms with E-state index < -0.39 is 11.7 Å². The van der Waals surface area contributed by atoms with Crippen molar-refractivity contribution in [1.82, 2.24) is 4.90 Å². The molecule has 0 saturated carbocycles. The molecule has 1 aliphatic heterocycles. The quantitative estimate of drug-likeness (QED) is 0.867. The molecule has 0 bridgehead atoms. The molecule has 1 saturated heterocycles. The van der Waals surface area contributed by atoms with Gasteiger partial charge in [-0.05, 0) is 37.8 Å². The van der Waals surface area contributed by atoms with E-state index in [1.807, 2.05) is 32.2 Å². The Morgan fingerprint density at radius 3 is 2.74 bits per heavy atom. The van der Waals surface area contributed by atoms with Gasteiger partial charge in [-0.2, -0.15) is 0 Å². The summed E-state index contributed by atoms with van der Waals surface area (Å²) in [5, 5.41) is 12.0. The third-order valence-corrected chi connectivity index (χ3v) is 4.19. The van der Waals surface area contributed by atoms with Crippen LogP contribution in [-0.2, 0) is 4.74 Å². The van der Waals surface area contributed by atoms with Crippen molar-refractivity contribution >= 4 is 29.0 Å². The fourth-order valence-electron chi connectivity index (χ4n) is 2.14. The first-order valence-corrected chi connectivity index (χ1v) is 7.42. The number of amides is 1. The van der Waals surface area contributed by atoms with Crippen molar-refractivity contribution < 1.29 is 14.6 Å². The largest absolute Gasteiger partial charge is 0.444 e. The molecule has 1 N–H and O–H groups in total. The molecule has 0 aliphatic carbocycles. The van der Waals surface area contributed by atoms with Crippen LogP contribution in [0.4, 0.5) is 4.79 Å². The van der Waals surface area contributed by atoms with Gasteiger partial charge in [-0.15, -0.1) is 11.3 Å². The predicted molar refractivity (Wildman–Crippen MR) is 75.9 cm³/mol. The second kappa shape index (κ2) is 5.31. The molecular weight excluding hydrogens is 286 g/mol. The van der Waals surface area contributed by atoms with Gasteiger partial charge in [0.15, 0.2) is 0 Å². The Labute approximate surface area is 121 Å². The van der Waals surface area contributed by atoms with Gasteiger partial charge in [0.25, 0.3) is 0 Å². The average molecular weight is 304 g/mol. The molecule has 0 aromatic carbocycles. The van der Waals surface area contributed by atoms with Crippen LogP contribution in [0.3, 0.4) is 0 Å². The molecule has 1 aromatic rings. The van der Waals surface area contributed by atoms with E-state index in [1.165, 1.54) is 16.2 Å². The van der Waals surface area contributed by atoms with Gasteiger partial charge in [0, 0.05) is 12.5 Å². The maximum Gasteiger partial charge on any atom is 0.410 e. The Balaban J connectivity index is 2.06. The van der Waals surface area contributed by atoms with E-state index in [9.17, 15) is 9.90 Å². The summed E-state index contributed by atoms with van der Waals surface area (Å²) in [5.41, 5.74) is 0.380. The molecule has 2 rings (SSSR count). The molecule has 0 spiro atoms. The number of likely N-dealkylation sites (tertiary alicyclic amines) is 1. The summed E-state index contributed by atoms with van der Waals surface area (Å²) < 4.78 is 5.99. The highest BCUT2D eigenvalue weighted by Crippen LogP contribution is 2.35.